The number of H-pyrrole nitrogens is 1. The second-order valence-corrected chi connectivity index (χ2v) is 9.70. The van der Waals surface area contributed by atoms with Gasteiger partial charge in [-0.1, -0.05) is 18.2 Å². The van der Waals surface area contributed by atoms with E-state index in [0.29, 0.717) is 11.6 Å². The first-order valence-electron chi connectivity index (χ1n) is 10.2. The Kier molecular flexibility index (Phi) is 6.43. The predicted molar refractivity (Wildman–Crippen MR) is 126 cm³/mol. The molecule has 2 amide bonds. The van der Waals surface area contributed by atoms with Gasteiger partial charge in [-0.05, 0) is 49.8 Å². The van der Waals surface area contributed by atoms with Gasteiger partial charge in [0.15, 0.2) is 0 Å². The van der Waals surface area contributed by atoms with Crippen LogP contribution in [0.5, 0.6) is 0 Å². The van der Waals surface area contributed by atoms with E-state index < -0.39 is 0 Å². The number of nitrogens with one attached hydrogen (secondary N) is 3. The number of rotatable bonds is 7. The quantitative estimate of drug-likeness (QED) is 0.507. The molecule has 0 unspecified atom stereocenters. The molecule has 3 N–H and O–H groups in total. The fourth-order valence-corrected chi connectivity index (χ4v) is 5.78. The van der Waals surface area contributed by atoms with Crippen molar-refractivity contribution in [1.29, 1.82) is 0 Å². The highest BCUT2D eigenvalue weighted by Gasteiger charge is 2.21. The highest BCUT2D eigenvalue weighted by atomic mass is 32.2. The van der Waals surface area contributed by atoms with E-state index in [1.54, 1.807) is 11.3 Å². The van der Waals surface area contributed by atoms with Crippen LogP contribution in [0.15, 0.2) is 23.0 Å². The summed E-state index contributed by atoms with van der Waals surface area (Å²) >= 11 is 2.96. The highest BCUT2D eigenvalue weighted by Crippen LogP contribution is 2.34. The number of benzene rings is 1. The number of thiophene rings is 1. The second kappa shape index (κ2) is 9.23. The zero-order valence-corrected chi connectivity index (χ0v) is 19.1. The highest BCUT2D eigenvalue weighted by molar-refractivity contribution is 7.99. The summed E-state index contributed by atoms with van der Waals surface area (Å²) in [6, 6.07) is 5.79. The van der Waals surface area contributed by atoms with Crippen LogP contribution in [0.25, 0.3) is 10.2 Å². The van der Waals surface area contributed by atoms with Crippen LogP contribution in [-0.2, 0) is 28.2 Å². The van der Waals surface area contributed by atoms with E-state index in [9.17, 15) is 14.4 Å². The van der Waals surface area contributed by atoms with Crippen molar-refractivity contribution in [2.45, 2.75) is 38.9 Å². The lowest BCUT2D eigenvalue weighted by Gasteiger charge is -2.11. The zero-order valence-electron chi connectivity index (χ0n) is 17.5. The number of aromatic nitrogens is 2. The maximum atomic E-state index is 12.5. The molecule has 9 heteroatoms. The summed E-state index contributed by atoms with van der Waals surface area (Å²) < 4.78 is 0. The lowest BCUT2D eigenvalue weighted by Crippen LogP contribution is -2.34. The van der Waals surface area contributed by atoms with Gasteiger partial charge in [0.1, 0.15) is 10.7 Å². The number of carbonyl (C=O) groups is 2. The summed E-state index contributed by atoms with van der Waals surface area (Å²) in [7, 11) is 0. The molecule has 0 bridgehead atoms. The number of hydrogen-bond acceptors (Lipinski definition) is 6. The third-order valence-electron chi connectivity index (χ3n) is 5.29. The van der Waals surface area contributed by atoms with Crippen LogP contribution in [-0.4, -0.2) is 34.1 Å². The first kappa shape index (κ1) is 21.6. The van der Waals surface area contributed by atoms with Crippen molar-refractivity contribution in [1.82, 2.24) is 15.3 Å². The first-order chi connectivity index (χ1) is 14.9. The first-order valence-corrected chi connectivity index (χ1v) is 12.1. The minimum absolute atomic E-state index is 0.0883. The van der Waals surface area contributed by atoms with Gasteiger partial charge in [0.05, 0.1) is 23.4 Å². The number of anilines is 1. The number of hydrogen-bond donors (Lipinski definition) is 3. The Balaban J connectivity index is 1.26. The van der Waals surface area contributed by atoms with Crippen molar-refractivity contribution in [3.8, 4) is 0 Å². The molecule has 4 rings (SSSR count). The smallest absolute Gasteiger partial charge is 0.259 e. The maximum Gasteiger partial charge on any atom is 0.259 e. The molecule has 2 heterocycles. The standard InChI is InChI=1S/C22H24N4O3S2/c1-12-5-3-6-13(2)20(12)26-17(27)9-23-18(28)11-30-10-16-24-21(29)19-14-7-4-8-15(14)31-22(19)25-16/h3,5-6H,4,7-11H2,1-2H3,(H,23,28)(H,26,27)(H,24,25,29). The minimum Gasteiger partial charge on any atom is -0.346 e. The Hall–Kier alpha value is -2.65. The van der Waals surface area contributed by atoms with Crippen molar-refractivity contribution in [3.05, 3.63) is 55.9 Å². The number of aryl methyl sites for hydroxylation is 4. The molecule has 0 saturated carbocycles. The number of fused-ring (bicyclic) bond motifs is 3. The molecule has 0 saturated heterocycles. The van der Waals surface area contributed by atoms with Crippen molar-refractivity contribution >= 4 is 50.8 Å². The van der Waals surface area contributed by atoms with Crippen LogP contribution < -0.4 is 16.2 Å². The molecule has 0 aliphatic heterocycles. The van der Waals surface area contributed by atoms with E-state index in [1.165, 1.54) is 16.6 Å². The lowest BCUT2D eigenvalue weighted by atomic mass is 10.1. The predicted octanol–water partition coefficient (Wildman–Crippen LogP) is 3.08. The fraction of sp³-hybridized carbons (Fsp3) is 0.364. The molecule has 31 heavy (non-hydrogen) atoms. The van der Waals surface area contributed by atoms with Gasteiger partial charge in [0.25, 0.3) is 5.56 Å². The van der Waals surface area contributed by atoms with Gasteiger partial charge in [-0.3, -0.25) is 14.4 Å². The number of para-hydroxylation sites is 1. The van der Waals surface area contributed by atoms with E-state index in [4.69, 9.17) is 0 Å². The molecular formula is C22H24N4O3S2. The molecule has 1 aromatic carbocycles. The molecule has 3 aromatic rings. The van der Waals surface area contributed by atoms with Crippen LogP contribution in [0.1, 0.15) is 33.8 Å². The molecule has 0 fully saturated rings. The van der Waals surface area contributed by atoms with E-state index in [-0.39, 0.29) is 29.7 Å². The SMILES string of the molecule is Cc1cccc(C)c1NC(=O)CNC(=O)CSCc1nc2sc3c(c2c(=O)[nH]1)CCC3. The van der Waals surface area contributed by atoms with Gasteiger partial charge in [-0.25, -0.2) is 4.98 Å². The van der Waals surface area contributed by atoms with Gasteiger partial charge in [0.2, 0.25) is 11.8 Å². The Labute approximate surface area is 188 Å². The Bertz CT molecular complexity index is 1200. The van der Waals surface area contributed by atoms with Crippen LogP contribution in [0.3, 0.4) is 0 Å². The van der Waals surface area contributed by atoms with E-state index in [1.807, 2.05) is 32.0 Å². The van der Waals surface area contributed by atoms with Gasteiger partial charge in [-0.2, -0.15) is 0 Å². The van der Waals surface area contributed by atoms with Crippen molar-refractivity contribution in [3.63, 3.8) is 0 Å². The Morgan fingerprint density at radius 1 is 1.19 bits per heavy atom. The van der Waals surface area contributed by atoms with Crippen LogP contribution >= 0.6 is 23.1 Å². The molecule has 0 spiro atoms. The Morgan fingerprint density at radius 3 is 2.74 bits per heavy atom. The minimum atomic E-state index is -0.266. The zero-order chi connectivity index (χ0) is 22.0. The van der Waals surface area contributed by atoms with Gasteiger partial charge >= 0.3 is 0 Å². The third kappa shape index (κ3) is 4.83. The van der Waals surface area contributed by atoms with Crippen molar-refractivity contribution in [2.24, 2.45) is 0 Å². The maximum absolute atomic E-state index is 12.5. The molecule has 162 valence electrons. The van der Waals surface area contributed by atoms with Crippen molar-refractivity contribution < 1.29 is 9.59 Å². The number of amides is 2. The topological polar surface area (TPSA) is 104 Å². The van der Waals surface area contributed by atoms with E-state index >= 15 is 0 Å². The lowest BCUT2D eigenvalue weighted by molar-refractivity contribution is -0.122. The largest absolute Gasteiger partial charge is 0.346 e. The molecule has 1 aliphatic carbocycles. The van der Waals surface area contributed by atoms with Crippen LogP contribution in [0.2, 0.25) is 0 Å². The molecule has 2 aromatic heterocycles. The summed E-state index contributed by atoms with van der Waals surface area (Å²) in [4.78, 5) is 46.2. The van der Waals surface area contributed by atoms with Gasteiger partial charge in [0, 0.05) is 10.6 Å². The van der Waals surface area contributed by atoms with Gasteiger partial charge in [-0.15, -0.1) is 23.1 Å². The monoisotopic (exact) mass is 456 g/mol. The molecule has 7 nitrogen and oxygen atoms in total. The second-order valence-electron chi connectivity index (χ2n) is 7.63. The molecule has 0 atom stereocenters. The van der Waals surface area contributed by atoms with Crippen LogP contribution in [0, 0.1) is 13.8 Å². The number of aromatic amines is 1. The summed E-state index contributed by atoms with van der Waals surface area (Å²) in [6.45, 7) is 3.77. The molecule has 1 aliphatic rings. The fourth-order valence-electron chi connectivity index (χ4n) is 3.78. The Morgan fingerprint density at radius 2 is 1.97 bits per heavy atom. The summed E-state index contributed by atoms with van der Waals surface area (Å²) in [6.07, 6.45) is 3.08. The molecular weight excluding hydrogens is 432 g/mol. The van der Waals surface area contributed by atoms with E-state index in [2.05, 4.69) is 20.6 Å². The summed E-state index contributed by atoms with van der Waals surface area (Å²) in [5.74, 6) is 0.677. The molecule has 0 radical (unpaired) electrons. The average molecular weight is 457 g/mol. The van der Waals surface area contributed by atoms with E-state index in [0.717, 1.165) is 51.9 Å². The number of thioether (sulfide) groups is 1. The third-order valence-corrected chi connectivity index (χ3v) is 7.42. The van der Waals surface area contributed by atoms with Crippen LogP contribution in [0.4, 0.5) is 5.69 Å². The summed E-state index contributed by atoms with van der Waals surface area (Å²) in [5.41, 5.74) is 3.80. The average Bonchev–Trinajstić information content (AvgIpc) is 3.30. The van der Waals surface area contributed by atoms with Crippen molar-refractivity contribution in [2.75, 3.05) is 17.6 Å². The summed E-state index contributed by atoms with van der Waals surface area (Å²) in [5, 5.41) is 6.21. The normalized spacial score (nSPS) is 12.7. The number of nitrogens with zero attached hydrogens (tertiary/aromatic N) is 1. The number of carbonyl (C=O) groups excluding carboxylic acids is 2. The van der Waals surface area contributed by atoms with Gasteiger partial charge < -0.3 is 15.6 Å².